The number of hydrogen-bond acceptors (Lipinski definition) is 5. The molecule has 0 saturated heterocycles. The Morgan fingerprint density at radius 2 is 1.71 bits per heavy atom. The molecule has 0 atom stereocenters. The van der Waals surface area contributed by atoms with Crippen LogP contribution in [0.2, 0.25) is 5.02 Å². The summed E-state index contributed by atoms with van der Waals surface area (Å²) < 4.78 is 38.3. The van der Waals surface area contributed by atoms with Gasteiger partial charge in [0.05, 0.1) is 24.8 Å². The summed E-state index contributed by atoms with van der Waals surface area (Å²) in [6, 6.07) is 20.1. The fourth-order valence-electron chi connectivity index (χ4n) is 3.42. The molecule has 7 nitrogen and oxygen atoms in total. The third-order valence-electron chi connectivity index (χ3n) is 5.17. The second-order valence-electron chi connectivity index (χ2n) is 7.43. The number of anilines is 1. The Morgan fingerprint density at radius 3 is 2.38 bits per heavy atom. The minimum atomic E-state index is -4.03. The first-order chi connectivity index (χ1) is 16.3. The highest BCUT2D eigenvalue weighted by atomic mass is 35.5. The fraction of sp³-hybridized carbons (Fsp3) is 0.240. The van der Waals surface area contributed by atoms with Crippen molar-refractivity contribution in [1.29, 1.82) is 0 Å². The molecule has 3 rings (SSSR count). The van der Waals surface area contributed by atoms with Crippen LogP contribution in [0.15, 0.2) is 77.7 Å². The van der Waals surface area contributed by atoms with Gasteiger partial charge < -0.3 is 14.8 Å². The molecule has 1 N–H and O–H groups in total. The van der Waals surface area contributed by atoms with Gasteiger partial charge in [-0.25, -0.2) is 8.42 Å². The number of ether oxygens (including phenoxy) is 2. The zero-order valence-electron chi connectivity index (χ0n) is 19.0. The van der Waals surface area contributed by atoms with Crippen molar-refractivity contribution >= 4 is 33.2 Å². The number of para-hydroxylation sites is 1. The molecular formula is C25H27ClN2O5S. The second kappa shape index (κ2) is 11.8. The number of benzene rings is 3. The highest BCUT2D eigenvalue weighted by Crippen LogP contribution is 2.27. The molecule has 9 heteroatoms. The number of nitrogens with one attached hydrogen (secondary N) is 1. The summed E-state index contributed by atoms with van der Waals surface area (Å²) in [5.74, 6) is 0.907. The Bertz CT molecular complexity index is 1220. The first-order valence-corrected chi connectivity index (χ1v) is 12.5. The molecule has 180 valence electrons. The molecule has 0 spiro atoms. The minimum absolute atomic E-state index is 0.0391. The van der Waals surface area contributed by atoms with E-state index in [0.717, 1.165) is 15.6 Å². The number of nitrogens with zero attached hydrogens (tertiary/aromatic N) is 1. The van der Waals surface area contributed by atoms with Gasteiger partial charge in [0.1, 0.15) is 18.0 Å². The van der Waals surface area contributed by atoms with Crippen molar-refractivity contribution in [1.82, 2.24) is 5.32 Å². The molecule has 3 aromatic carbocycles. The van der Waals surface area contributed by atoms with E-state index < -0.39 is 15.9 Å². The Kier molecular flexibility index (Phi) is 8.79. The summed E-state index contributed by atoms with van der Waals surface area (Å²) in [6.45, 7) is 0.00616. The molecule has 0 aliphatic rings. The zero-order valence-corrected chi connectivity index (χ0v) is 20.6. The summed E-state index contributed by atoms with van der Waals surface area (Å²) >= 11 is 6.10. The van der Waals surface area contributed by atoms with E-state index in [1.165, 1.54) is 25.3 Å². The predicted octanol–water partition coefficient (Wildman–Crippen LogP) is 4.30. The van der Waals surface area contributed by atoms with Crippen LogP contribution in [0.4, 0.5) is 5.69 Å². The van der Waals surface area contributed by atoms with Crippen molar-refractivity contribution in [3.63, 3.8) is 0 Å². The van der Waals surface area contributed by atoms with Gasteiger partial charge in [0, 0.05) is 11.6 Å². The smallest absolute Gasteiger partial charge is 0.264 e. The quantitative estimate of drug-likeness (QED) is 0.395. The molecule has 3 aromatic rings. The molecule has 0 bridgehead atoms. The van der Waals surface area contributed by atoms with E-state index in [1.807, 2.05) is 24.3 Å². The fourth-order valence-corrected chi connectivity index (χ4v) is 5.02. The maximum Gasteiger partial charge on any atom is 0.264 e. The molecule has 0 unspecified atom stereocenters. The Labute approximate surface area is 205 Å². The van der Waals surface area contributed by atoms with Crippen LogP contribution in [0.1, 0.15) is 12.0 Å². The van der Waals surface area contributed by atoms with Crippen molar-refractivity contribution in [2.24, 2.45) is 0 Å². The zero-order chi connectivity index (χ0) is 24.6. The van der Waals surface area contributed by atoms with Crippen molar-refractivity contribution < 1.29 is 22.7 Å². The van der Waals surface area contributed by atoms with Crippen LogP contribution in [0, 0.1) is 0 Å². The van der Waals surface area contributed by atoms with Crippen molar-refractivity contribution in [3.8, 4) is 11.5 Å². The largest absolute Gasteiger partial charge is 0.497 e. The lowest BCUT2D eigenvalue weighted by Crippen LogP contribution is -2.41. The standard InChI is InChI=1S/C25H27ClN2O5S/c1-32-22-12-14-23(15-13-22)34(30,31)28(21-10-5-9-20(26)17-21)18-25(29)27-16-6-8-19-7-3-4-11-24(19)33-2/h3-5,7,9-15,17H,6,8,16,18H2,1-2H3,(H,27,29). The summed E-state index contributed by atoms with van der Waals surface area (Å²) in [6.07, 6.45) is 1.39. The summed E-state index contributed by atoms with van der Waals surface area (Å²) in [7, 11) is -0.912. The molecule has 0 fully saturated rings. The lowest BCUT2D eigenvalue weighted by atomic mass is 10.1. The Hall–Kier alpha value is -3.23. The van der Waals surface area contributed by atoms with Gasteiger partial charge in [0.25, 0.3) is 10.0 Å². The van der Waals surface area contributed by atoms with Gasteiger partial charge in [-0.1, -0.05) is 35.9 Å². The van der Waals surface area contributed by atoms with Gasteiger partial charge in [-0.15, -0.1) is 0 Å². The number of carbonyl (C=O) groups excluding carboxylic acids is 1. The molecule has 0 aromatic heterocycles. The van der Waals surface area contributed by atoms with Gasteiger partial charge in [0.15, 0.2) is 0 Å². The van der Waals surface area contributed by atoms with Crippen LogP contribution in [-0.4, -0.2) is 41.6 Å². The van der Waals surface area contributed by atoms with Gasteiger partial charge in [0.2, 0.25) is 5.91 Å². The second-order valence-corrected chi connectivity index (χ2v) is 9.73. The van der Waals surface area contributed by atoms with Crippen molar-refractivity contribution in [2.45, 2.75) is 17.7 Å². The van der Waals surface area contributed by atoms with E-state index in [1.54, 1.807) is 37.4 Å². The molecule has 0 heterocycles. The molecule has 0 radical (unpaired) electrons. The van der Waals surface area contributed by atoms with Gasteiger partial charge in [-0.3, -0.25) is 9.10 Å². The van der Waals surface area contributed by atoms with Crippen LogP contribution in [-0.2, 0) is 21.2 Å². The number of aryl methyl sites for hydroxylation is 1. The third kappa shape index (κ3) is 6.42. The lowest BCUT2D eigenvalue weighted by Gasteiger charge is -2.24. The summed E-state index contributed by atoms with van der Waals surface area (Å²) in [5.41, 5.74) is 1.34. The molecule has 1 amide bonds. The SMILES string of the molecule is COc1ccc(S(=O)(=O)N(CC(=O)NCCCc2ccccc2OC)c2cccc(Cl)c2)cc1. The number of hydrogen-bond donors (Lipinski definition) is 1. The molecule has 0 saturated carbocycles. The number of halogens is 1. The Morgan fingerprint density at radius 1 is 0.971 bits per heavy atom. The van der Waals surface area contributed by atoms with Crippen molar-refractivity contribution in [3.05, 3.63) is 83.4 Å². The van der Waals surface area contributed by atoms with Crippen LogP contribution in [0.3, 0.4) is 0 Å². The number of carbonyl (C=O) groups is 1. The molecule has 34 heavy (non-hydrogen) atoms. The van der Waals surface area contributed by atoms with E-state index in [4.69, 9.17) is 21.1 Å². The predicted molar refractivity (Wildman–Crippen MR) is 133 cm³/mol. The van der Waals surface area contributed by atoms with E-state index >= 15 is 0 Å². The van der Waals surface area contributed by atoms with E-state index in [2.05, 4.69) is 5.32 Å². The molecule has 0 aliphatic heterocycles. The molecular weight excluding hydrogens is 476 g/mol. The van der Waals surface area contributed by atoms with Crippen LogP contribution in [0.25, 0.3) is 0 Å². The Balaban J connectivity index is 1.72. The highest BCUT2D eigenvalue weighted by molar-refractivity contribution is 7.92. The number of rotatable bonds is 11. The maximum atomic E-state index is 13.4. The molecule has 0 aliphatic carbocycles. The third-order valence-corrected chi connectivity index (χ3v) is 7.19. The lowest BCUT2D eigenvalue weighted by molar-refractivity contribution is -0.119. The first kappa shape index (κ1) is 25.4. The topological polar surface area (TPSA) is 84.9 Å². The summed E-state index contributed by atoms with van der Waals surface area (Å²) in [4.78, 5) is 12.8. The average molecular weight is 503 g/mol. The highest BCUT2D eigenvalue weighted by Gasteiger charge is 2.27. The van der Waals surface area contributed by atoms with E-state index in [-0.39, 0.29) is 11.4 Å². The maximum absolute atomic E-state index is 13.4. The van der Waals surface area contributed by atoms with E-state index in [0.29, 0.717) is 35.8 Å². The average Bonchev–Trinajstić information content (AvgIpc) is 2.85. The van der Waals surface area contributed by atoms with Crippen LogP contribution in [0.5, 0.6) is 11.5 Å². The van der Waals surface area contributed by atoms with Gasteiger partial charge in [-0.2, -0.15) is 0 Å². The van der Waals surface area contributed by atoms with Crippen LogP contribution < -0.4 is 19.1 Å². The monoisotopic (exact) mass is 502 g/mol. The van der Waals surface area contributed by atoms with Gasteiger partial charge in [-0.05, 0) is 66.9 Å². The number of sulfonamides is 1. The minimum Gasteiger partial charge on any atom is -0.497 e. The number of amides is 1. The first-order valence-electron chi connectivity index (χ1n) is 10.7. The normalized spacial score (nSPS) is 11.0. The van der Waals surface area contributed by atoms with Crippen LogP contribution >= 0.6 is 11.6 Å². The van der Waals surface area contributed by atoms with Crippen molar-refractivity contribution in [2.75, 3.05) is 31.6 Å². The van der Waals surface area contributed by atoms with E-state index in [9.17, 15) is 13.2 Å². The van der Waals surface area contributed by atoms with Gasteiger partial charge >= 0.3 is 0 Å². The number of methoxy groups -OCH3 is 2. The summed E-state index contributed by atoms with van der Waals surface area (Å²) in [5, 5.41) is 3.17.